The molecule has 1 saturated heterocycles. The second kappa shape index (κ2) is 8.04. The molecule has 0 aromatic heterocycles. The third-order valence-electron chi connectivity index (χ3n) is 6.31. The van der Waals surface area contributed by atoms with Gasteiger partial charge in [-0.15, -0.1) is 0 Å². The average Bonchev–Trinajstić information content (AvgIpc) is 3.14. The number of rotatable bonds is 5. The van der Waals surface area contributed by atoms with Crippen molar-refractivity contribution in [2.75, 3.05) is 6.61 Å². The number of carbonyl (C=O) groups is 1. The minimum absolute atomic E-state index is 0.253. The quantitative estimate of drug-likeness (QED) is 0.508. The summed E-state index contributed by atoms with van der Waals surface area (Å²) in [6.45, 7) is 8.33. The normalized spacial score (nSPS) is 19.3. The standard InChI is InChI=1S/C24H25.C2H3O3.O.Zr/c1-23(2,19-13-7-5-8-14-19)21-17-11-12-18-22(21)24(3,4)20-15-9-6-10-16-20;3-1-2(4)5;;/h5-17H,1-4H3;1H2,(H,4,5);;/q;-1;;+2/p-1. The number of hydrogen-bond donors (Lipinski definition) is 0. The van der Waals surface area contributed by atoms with Gasteiger partial charge in [-0.25, -0.2) is 0 Å². The molecule has 1 heterocycles. The van der Waals surface area contributed by atoms with Crippen LogP contribution in [0.2, 0.25) is 0 Å². The van der Waals surface area contributed by atoms with Crippen LogP contribution in [0, 0.1) is 0 Å². The first-order valence-corrected chi connectivity index (χ1v) is 14.7. The second-order valence-electron chi connectivity index (χ2n) is 9.03. The van der Waals surface area contributed by atoms with E-state index in [1.807, 2.05) is 48.5 Å². The molecule has 0 N–H and O–H groups in total. The van der Waals surface area contributed by atoms with Gasteiger partial charge in [0.05, 0.1) is 0 Å². The Balaban J connectivity index is 2.02. The molecule has 5 heteroatoms. The molecule has 0 spiro atoms. The molecule has 4 rings (SSSR count). The zero-order valence-electron chi connectivity index (χ0n) is 18.3. The summed E-state index contributed by atoms with van der Waals surface area (Å²) in [5, 5.41) is 0. The Kier molecular flexibility index (Phi) is 5.70. The van der Waals surface area contributed by atoms with Crippen LogP contribution >= 0.6 is 0 Å². The monoisotopic (exact) mass is 493 g/mol. The van der Waals surface area contributed by atoms with Crippen molar-refractivity contribution in [3.05, 3.63) is 101 Å². The van der Waals surface area contributed by atoms with Gasteiger partial charge in [-0.2, -0.15) is 0 Å². The first-order chi connectivity index (χ1) is 14.7. The molecule has 0 saturated carbocycles. The summed E-state index contributed by atoms with van der Waals surface area (Å²) in [5.41, 5.74) is 3.33. The van der Waals surface area contributed by atoms with E-state index in [9.17, 15) is 7.61 Å². The molecule has 4 nitrogen and oxygen atoms in total. The summed E-state index contributed by atoms with van der Waals surface area (Å²) in [6, 6.07) is 26.2. The van der Waals surface area contributed by atoms with Gasteiger partial charge >= 0.3 is 190 Å². The van der Waals surface area contributed by atoms with Crippen molar-refractivity contribution >= 4 is 9.24 Å². The zero-order valence-corrected chi connectivity index (χ0v) is 20.8. The van der Waals surface area contributed by atoms with Crippen LogP contribution in [0.1, 0.15) is 49.9 Å². The molecule has 31 heavy (non-hydrogen) atoms. The van der Waals surface area contributed by atoms with Crippen LogP contribution in [0.15, 0.2) is 78.9 Å². The van der Waals surface area contributed by atoms with E-state index < -0.39 is 32.5 Å². The molecule has 0 aliphatic carbocycles. The Morgan fingerprint density at radius 3 is 1.81 bits per heavy atom. The molecule has 0 bridgehead atoms. The molecule has 159 valence electrons. The fraction of sp³-hybridized carbons (Fsp3) is 0.269. The third-order valence-corrected chi connectivity index (χ3v) is 11.5. The Morgan fingerprint density at radius 2 is 1.29 bits per heavy atom. The molecule has 0 radical (unpaired) electrons. The fourth-order valence-electron chi connectivity index (χ4n) is 4.51. The Morgan fingerprint density at radius 1 is 0.742 bits per heavy atom. The van der Waals surface area contributed by atoms with Gasteiger partial charge in [0.1, 0.15) is 0 Å². The molecule has 0 amide bonds. The Labute approximate surface area is 189 Å². The van der Waals surface area contributed by atoms with E-state index in [2.05, 4.69) is 58.0 Å². The fourth-order valence-corrected chi connectivity index (χ4v) is 9.53. The minimum atomic E-state index is -5.03. The predicted molar refractivity (Wildman–Crippen MR) is 116 cm³/mol. The summed E-state index contributed by atoms with van der Waals surface area (Å²) >= 11 is -5.03. The zero-order chi connectivity index (χ0) is 22.3. The molecule has 1 fully saturated rings. The molecule has 3 aromatic carbocycles. The van der Waals surface area contributed by atoms with Crippen LogP contribution in [-0.2, 0) is 45.2 Å². The first-order valence-electron chi connectivity index (χ1n) is 10.5. The van der Waals surface area contributed by atoms with Crippen molar-refractivity contribution in [3.8, 4) is 0 Å². The van der Waals surface area contributed by atoms with Gasteiger partial charge in [-0.3, -0.25) is 0 Å². The van der Waals surface area contributed by atoms with E-state index in [-0.39, 0.29) is 12.0 Å². The van der Waals surface area contributed by atoms with Crippen LogP contribution in [0.4, 0.5) is 0 Å². The van der Waals surface area contributed by atoms with Gasteiger partial charge < -0.3 is 0 Å². The summed E-state index contributed by atoms with van der Waals surface area (Å²) in [6.07, 6.45) is 0. The molecular weight excluding hydrogens is 468 g/mol. The van der Waals surface area contributed by atoms with Crippen LogP contribution in [0.3, 0.4) is 0 Å². The van der Waals surface area contributed by atoms with Gasteiger partial charge in [0.25, 0.3) is 0 Å². The Bertz CT molecular complexity index is 1150. The molecule has 1 unspecified atom stereocenters. The van der Waals surface area contributed by atoms with Crippen LogP contribution in [-0.4, -0.2) is 12.6 Å². The van der Waals surface area contributed by atoms with Gasteiger partial charge in [0.15, 0.2) is 0 Å². The molecule has 1 aliphatic heterocycles. The topological polar surface area (TPSA) is 52.6 Å². The molecule has 1 aliphatic rings. The summed E-state index contributed by atoms with van der Waals surface area (Å²) in [5.74, 6) is -0.554. The second-order valence-corrected chi connectivity index (χ2v) is 14.3. The van der Waals surface area contributed by atoms with Gasteiger partial charge in [-0.1, -0.05) is 0 Å². The van der Waals surface area contributed by atoms with E-state index in [0.29, 0.717) is 3.27 Å². The molecule has 3 aromatic rings. The van der Waals surface area contributed by atoms with Crippen molar-refractivity contribution in [2.45, 2.75) is 38.5 Å². The van der Waals surface area contributed by atoms with E-state index in [0.717, 1.165) is 22.3 Å². The van der Waals surface area contributed by atoms with Crippen molar-refractivity contribution in [1.29, 1.82) is 0 Å². The SMILES string of the molecule is CC(C)(c1ccccc1)c1ccc[c]([Zr]2(=[O])[O]CC(=O)[O]2)c1C(C)(C)c1ccccc1. The van der Waals surface area contributed by atoms with Gasteiger partial charge in [0, 0.05) is 0 Å². The van der Waals surface area contributed by atoms with Crippen molar-refractivity contribution in [2.24, 2.45) is 0 Å². The molecule has 1 atom stereocenters. The van der Waals surface area contributed by atoms with Gasteiger partial charge in [-0.05, 0) is 0 Å². The summed E-state index contributed by atoms with van der Waals surface area (Å²) < 4.78 is 25.3. The van der Waals surface area contributed by atoms with Crippen molar-refractivity contribution < 1.29 is 34.4 Å². The Hall–Kier alpha value is -2.23. The van der Waals surface area contributed by atoms with Crippen LogP contribution < -0.4 is 3.27 Å². The summed E-state index contributed by atoms with van der Waals surface area (Å²) in [7, 11) is 0. The van der Waals surface area contributed by atoms with Crippen molar-refractivity contribution in [3.63, 3.8) is 0 Å². The van der Waals surface area contributed by atoms with Crippen LogP contribution in [0.25, 0.3) is 0 Å². The summed E-state index contributed by atoms with van der Waals surface area (Å²) in [4.78, 5) is 11.9. The average molecular weight is 495 g/mol. The number of hydrogen-bond acceptors (Lipinski definition) is 4. The van der Waals surface area contributed by atoms with Crippen molar-refractivity contribution in [1.82, 2.24) is 0 Å². The predicted octanol–water partition coefficient (Wildman–Crippen LogP) is 4.87. The molecular formula is C26H27O4Zr. The van der Waals surface area contributed by atoms with Gasteiger partial charge in [0.2, 0.25) is 0 Å². The van der Waals surface area contributed by atoms with Crippen LogP contribution in [0.5, 0.6) is 0 Å². The van der Waals surface area contributed by atoms with E-state index in [4.69, 9.17) is 5.63 Å². The maximum atomic E-state index is 13.8. The van der Waals surface area contributed by atoms with E-state index >= 15 is 0 Å². The number of benzene rings is 3. The first kappa shape index (κ1) is 22.0. The van der Waals surface area contributed by atoms with E-state index in [1.54, 1.807) is 0 Å². The van der Waals surface area contributed by atoms with E-state index in [1.165, 1.54) is 0 Å². The third kappa shape index (κ3) is 3.90. The number of carbonyl (C=O) groups excluding carboxylic acids is 1. The maximum absolute atomic E-state index is 13.8.